The van der Waals surface area contributed by atoms with Crippen LogP contribution in [0.25, 0.3) is 0 Å². The van der Waals surface area contributed by atoms with Gasteiger partial charge < -0.3 is 10.0 Å². The van der Waals surface area contributed by atoms with Crippen molar-refractivity contribution in [3.05, 3.63) is 35.6 Å². The molecule has 1 aromatic rings. The molecule has 0 spiro atoms. The van der Waals surface area contributed by atoms with E-state index >= 15 is 0 Å². The van der Waals surface area contributed by atoms with E-state index in [1.807, 2.05) is 0 Å². The van der Waals surface area contributed by atoms with Gasteiger partial charge in [0.05, 0.1) is 12.1 Å². The van der Waals surface area contributed by atoms with Gasteiger partial charge in [0.1, 0.15) is 5.82 Å². The summed E-state index contributed by atoms with van der Waals surface area (Å²) in [5, 5.41) is 9.38. The molecule has 0 aromatic heterocycles. The molecule has 128 valence electrons. The van der Waals surface area contributed by atoms with Crippen molar-refractivity contribution < 1.29 is 14.3 Å². The Balaban J connectivity index is 1.99. The highest BCUT2D eigenvalue weighted by atomic mass is 19.1. The molecule has 1 fully saturated rings. The van der Waals surface area contributed by atoms with Gasteiger partial charge >= 0.3 is 0 Å². The van der Waals surface area contributed by atoms with E-state index in [2.05, 4.69) is 4.90 Å². The molecule has 0 radical (unpaired) electrons. The summed E-state index contributed by atoms with van der Waals surface area (Å²) in [6.07, 6.45) is 3.20. The van der Waals surface area contributed by atoms with Crippen LogP contribution in [-0.4, -0.2) is 53.1 Å². The summed E-state index contributed by atoms with van der Waals surface area (Å²) in [7, 11) is 1.80. The Morgan fingerprint density at radius 1 is 1.39 bits per heavy atom. The number of rotatable bonds is 6. The predicted octanol–water partition coefficient (Wildman–Crippen LogP) is 2.41. The minimum atomic E-state index is -0.396. The summed E-state index contributed by atoms with van der Waals surface area (Å²) in [6.45, 7) is 3.86. The first-order valence-electron chi connectivity index (χ1n) is 8.39. The van der Waals surface area contributed by atoms with Gasteiger partial charge in [-0.1, -0.05) is 18.6 Å². The first-order valence-corrected chi connectivity index (χ1v) is 8.39. The monoisotopic (exact) mass is 322 g/mol. The summed E-state index contributed by atoms with van der Waals surface area (Å²) >= 11 is 0. The largest absolute Gasteiger partial charge is 0.393 e. The van der Waals surface area contributed by atoms with Crippen molar-refractivity contribution in [2.75, 3.05) is 20.1 Å². The molecule has 0 aliphatic carbocycles. The Kier molecular flexibility index (Phi) is 6.54. The molecule has 2 rings (SSSR count). The Bertz CT molecular complexity index is 504. The topological polar surface area (TPSA) is 43.8 Å². The normalized spacial score (nSPS) is 20.3. The first-order chi connectivity index (χ1) is 11.0. The number of carbonyl (C=O) groups is 1. The second kappa shape index (κ2) is 8.41. The molecule has 1 aliphatic heterocycles. The summed E-state index contributed by atoms with van der Waals surface area (Å²) in [5.41, 5.74) is 1.03. The Morgan fingerprint density at radius 2 is 2.09 bits per heavy atom. The number of piperidine rings is 1. The molecule has 1 aliphatic rings. The third-order valence-electron chi connectivity index (χ3n) is 4.46. The van der Waals surface area contributed by atoms with Crippen molar-refractivity contribution in [3.8, 4) is 0 Å². The van der Waals surface area contributed by atoms with Crippen LogP contribution in [0.2, 0.25) is 0 Å². The van der Waals surface area contributed by atoms with E-state index in [-0.39, 0.29) is 17.8 Å². The number of hydrogen-bond acceptors (Lipinski definition) is 3. The molecular weight excluding hydrogens is 295 g/mol. The van der Waals surface area contributed by atoms with Crippen molar-refractivity contribution in [2.24, 2.45) is 0 Å². The molecule has 1 heterocycles. The van der Waals surface area contributed by atoms with Crippen LogP contribution in [0.5, 0.6) is 0 Å². The molecule has 2 unspecified atom stereocenters. The van der Waals surface area contributed by atoms with Crippen molar-refractivity contribution >= 4 is 5.91 Å². The Labute approximate surface area is 137 Å². The lowest BCUT2D eigenvalue weighted by atomic mass is 9.99. The minimum absolute atomic E-state index is 0.118. The highest BCUT2D eigenvalue weighted by Crippen LogP contribution is 2.21. The zero-order valence-corrected chi connectivity index (χ0v) is 14.0. The predicted molar refractivity (Wildman–Crippen MR) is 88.4 cm³/mol. The molecule has 4 nitrogen and oxygen atoms in total. The zero-order valence-electron chi connectivity index (χ0n) is 14.0. The average molecular weight is 322 g/mol. The van der Waals surface area contributed by atoms with E-state index in [0.29, 0.717) is 19.5 Å². The maximum absolute atomic E-state index is 13.0. The number of amides is 1. The van der Waals surface area contributed by atoms with Gasteiger partial charge in [0.2, 0.25) is 5.91 Å². The van der Waals surface area contributed by atoms with Gasteiger partial charge in [-0.15, -0.1) is 0 Å². The average Bonchev–Trinajstić information content (AvgIpc) is 2.54. The van der Waals surface area contributed by atoms with Crippen molar-refractivity contribution in [3.63, 3.8) is 0 Å². The van der Waals surface area contributed by atoms with Crippen molar-refractivity contribution in [1.29, 1.82) is 0 Å². The molecule has 23 heavy (non-hydrogen) atoms. The fraction of sp³-hybridized carbons (Fsp3) is 0.611. The number of nitrogens with zero attached hydrogens (tertiary/aromatic N) is 2. The lowest BCUT2D eigenvalue weighted by Gasteiger charge is -2.37. The minimum Gasteiger partial charge on any atom is -0.393 e. The number of likely N-dealkylation sites (N-methyl/N-ethyl adjacent to an activating group) is 1. The van der Waals surface area contributed by atoms with Crippen LogP contribution in [0.4, 0.5) is 4.39 Å². The third-order valence-corrected chi connectivity index (χ3v) is 4.46. The molecule has 1 N–H and O–H groups in total. The van der Waals surface area contributed by atoms with E-state index in [1.54, 1.807) is 31.0 Å². The lowest BCUT2D eigenvalue weighted by molar-refractivity contribution is -0.137. The number of hydrogen-bond donors (Lipinski definition) is 1. The quantitative estimate of drug-likeness (QED) is 0.875. The van der Waals surface area contributed by atoms with E-state index < -0.39 is 6.10 Å². The van der Waals surface area contributed by atoms with Crippen LogP contribution in [0.1, 0.15) is 38.2 Å². The van der Waals surface area contributed by atoms with Gasteiger partial charge in [-0.25, -0.2) is 4.39 Å². The zero-order chi connectivity index (χ0) is 16.8. The molecule has 0 saturated carbocycles. The van der Waals surface area contributed by atoms with Gasteiger partial charge in [-0.3, -0.25) is 9.69 Å². The number of likely N-dealkylation sites (tertiary alicyclic amines) is 1. The molecule has 5 heteroatoms. The van der Waals surface area contributed by atoms with Crippen LogP contribution in [-0.2, 0) is 11.3 Å². The molecular formula is C18H27FN2O2. The molecule has 1 amide bonds. The standard InChI is InChI=1S/C18H27FN2O2/c1-14(22)10-12-20(2)18(23)17-5-3-4-11-21(17)13-15-6-8-16(19)9-7-15/h6-9,14,17,22H,3-5,10-13H2,1-2H3. The second-order valence-electron chi connectivity index (χ2n) is 6.51. The molecule has 2 atom stereocenters. The molecule has 0 bridgehead atoms. The van der Waals surface area contributed by atoms with Crippen LogP contribution in [0, 0.1) is 5.82 Å². The Hall–Kier alpha value is -1.46. The van der Waals surface area contributed by atoms with Crippen molar-refractivity contribution in [1.82, 2.24) is 9.80 Å². The third kappa shape index (κ3) is 5.29. The van der Waals surface area contributed by atoms with Gasteiger partial charge in [0.15, 0.2) is 0 Å². The highest BCUT2D eigenvalue weighted by Gasteiger charge is 2.30. The number of benzene rings is 1. The number of carbonyl (C=O) groups excluding carboxylic acids is 1. The lowest BCUT2D eigenvalue weighted by Crippen LogP contribution is -2.49. The first kappa shape index (κ1) is 17.9. The van der Waals surface area contributed by atoms with Crippen LogP contribution >= 0.6 is 0 Å². The van der Waals surface area contributed by atoms with Crippen LogP contribution < -0.4 is 0 Å². The van der Waals surface area contributed by atoms with Gasteiger partial charge in [0, 0.05) is 20.1 Å². The Morgan fingerprint density at radius 3 is 2.74 bits per heavy atom. The van der Waals surface area contributed by atoms with E-state index in [9.17, 15) is 14.3 Å². The van der Waals surface area contributed by atoms with E-state index in [1.165, 1.54) is 12.1 Å². The number of aliphatic hydroxyl groups excluding tert-OH is 1. The van der Waals surface area contributed by atoms with Crippen molar-refractivity contribution in [2.45, 2.75) is 51.3 Å². The summed E-state index contributed by atoms with van der Waals surface area (Å²) in [4.78, 5) is 16.6. The fourth-order valence-electron chi connectivity index (χ4n) is 3.03. The fourth-order valence-corrected chi connectivity index (χ4v) is 3.03. The second-order valence-corrected chi connectivity index (χ2v) is 6.51. The smallest absolute Gasteiger partial charge is 0.239 e. The summed E-state index contributed by atoms with van der Waals surface area (Å²) < 4.78 is 13.0. The maximum atomic E-state index is 13.0. The number of aliphatic hydroxyl groups is 1. The van der Waals surface area contributed by atoms with Gasteiger partial charge in [-0.2, -0.15) is 0 Å². The summed E-state index contributed by atoms with van der Waals surface area (Å²) in [6, 6.07) is 6.37. The van der Waals surface area contributed by atoms with Gasteiger partial charge in [0.25, 0.3) is 0 Å². The van der Waals surface area contributed by atoms with Gasteiger partial charge in [-0.05, 0) is 50.4 Å². The molecule has 1 saturated heterocycles. The molecule has 1 aromatic carbocycles. The van der Waals surface area contributed by atoms with E-state index in [4.69, 9.17) is 0 Å². The van der Waals surface area contributed by atoms with E-state index in [0.717, 1.165) is 31.4 Å². The SMILES string of the molecule is CC(O)CCN(C)C(=O)C1CCCCN1Cc1ccc(F)cc1. The van der Waals surface area contributed by atoms with Crippen LogP contribution in [0.15, 0.2) is 24.3 Å². The summed E-state index contributed by atoms with van der Waals surface area (Å²) in [5.74, 6) is -0.120. The maximum Gasteiger partial charge on any atom is 0.239 e. The van der Waals surface area contributed by atoms with Crippen LogP contribution in [0.3, 0.4) is 0 Å². The highest BCUT2D eigenvalue weighted by molar-refractivity contribution is 5.81. The number of halogens is 1.